The van der Waals surface area contributed by atoms with Crippen LogP contribution < -0.4 is 10.1 Å². The molecule has 0 aliphatic carbocycles. The number of aryl methyl sites for hydroxylation is 1. The fourth-order valence-electron chi connectivity index (χ4n) is 3.69. The molecule has 0 radical (unpaired) electrons. The largest absolute Gasteiger partial charge is 0.496 e. The molecule has 0 aliphatic rings. The van der Waals surface area contributed by atoms with Gasteiger partial charge in [0, 0.05) is 45.8 Å². The molecule has 0 spiro atoms. The highest BCUT2D eigenvalue weighted by atomic mass is 79.9. The Morgan fingerprint density at radius 1 is 1.07 bits per heavy atom. The van der Waals surface area contributed by atoms with E-state index in [9.17, 15) is 9.90 Å². The van der Waals surface area contributed by atoms with E-state index in [1.165, 1.54) is 5.56 Å². The second-order valence-electron chi connectivity index (χ2n) is 7.06. The first-order chi connectivity index (χ1) is 13.8. The van der Waals surface area contributed by atoms with E-state index in [4.69, 9.17) is 4.74 Å². The smallest absolute Gasteiger partial charge is 0.337 e. The number of aromatic carboxylic acids is 1. The number of benzene rings is 2. The van der Waals surface area contributed by atoms with Gasteiger partial charge in [-0.25, -0.2) is 4.79 Å². The van der Waals surface area contributed by atoms with E-state index in [1.54, 1.807) is 7.11 Å². The van der Waals surface area contributed by atoms with Gasteiger partial charge in [0.05, 0.1) is 12.7 Å². The van der Waals surface area contributed by atoms with E-state index in [2.05, 4.69) is 21.2 Å². The molecule has 1 heterocycles. The summed E-state index contributed by atoms with van der Waals surface area (Å²) in [5.74, 6) is -0.113. The molecule has 0 saturated heterocycles. The van der Waals surface area contributed by atoms with Gasteiger partial charge in [-0.1, -0.05) is 33.6 Å². The maximum Gasteiger partial charge on any atom is 0.337 e. The van der Waals surface area contributed by atoms with Gasteiger partial charge in [-0.05, 0) is 51.1 Å². The molecule has 2 aromatic carbocycles. The summed E-state index contributed by atoms with van der Waals surface area (Å²) in [7, 11) is 1.64. The summed E-state index contributed by atoms with van der Waals surface area (Å²) in [6.07, 6.45) is 0. The van der Waals surface area contributed by atoms with Crippen molar-refractivity contribution in [2.24, 2.45) is 0 Å². The van der Waals surface area contributed by atoms with E-state index in [-0.39, 0.29) is 0 Å². The molecule has 0 saturated carbocycles. The van der Waals surface area contributed by atoms with Crippen molar-refractivity contribution < 1.29 is 14.6 Å². The highest BCUT2D eigenvalue weighted by Crippen LogP contribution is 2.27. The van der Waals surface area contributed by atoms with Crippen LogP contribution in [-0.4, -0.2) is 22.8 Å². The zero-order valence-corrected chi connectivity index (χ0v) is 18.6. The molecule has 0 fully saturated rings. The van der Waals surface area contributed by atoms with Crippen LogP contribution in [0.5, 0.6) is 5.75 Å². The van der Waals surface area contributed by atoms with Crippen molar-refractivity contribution in [3.8, 4) is 11.4 Å². The van der Waals surface area contributed by atoms with E-state index < -0.39 is 5.97 Å². The highest BCUT2D eigenvalue weighted by Gasteiger charge is 2.23. The Morgan fingerprint density at radius 3 is 2.38 bits per heavy atom. The van der Waals surface area contributed by atoms with Gasteiger partial charge in [-0.15, -0.1) is 0 Å². The number of nitrogens with one attached hydrogen (secondary N) is 1. The first-order valence-electron chi connectivity index (χ1n) is 9.37. The lowest BCUT2D eigenvalue weighted by molar-refractivity contribution is 0.0695. The van der Waals surface area contributed by atoms with Gasteiger partial charge in [0.2, 0.25) is 0 Å². The quantitative estimate of drug-likeness (QED) is 0.515. The van der Waals surface area contributed by atoms with Gasteiger partial charge in [-0.3, -0.25) is 0 Å². The average molecular weight is 457 g/mol. The number of halogens is 1. The fourth-order valence-corrected chi connectivity index (χ4v) is 4.09. The molecule has 6 heteroatoms. The number of rotatable bonds is 7. The lowest BCUT2D eigenvalue weighted by Gasteiger charge is -2.12. The van der Waals surface area contributed by atoms with Gasteiger partial charge >= 0.3 is 5.97 Å². The number of carboxylic acids is 1. The minimum Gasteiger partial charge on any atom is -0.496 e. The molecule has 5 nitrogen and oxygen atoms in total. The maximum absolute atomic E-state index is 12.0. The highest BCUT2D eigenvalue weighted by molar-refractivity contribution is 9.10. The van der Waals surface area contributed by atoms with Crippen molar-refractivity contribution in [1.82, 2.24) is 9.88 Å². The maximum atomic E-state index is 12.0. The summed E-state index contributed by atoms with van der Waals surface area (Å²) in [6, 6.07) is 13.9. The number of hydrogen-bond acceptors (Lipinski definition) is 3. The summed E-state index contributed by atoms with van der Waals surface area (Å²) in [5.41, 5.74) is 5.95. The Hall–Kier alpha value is -2.57. The van der Waals surface area contributed by atoms with Crippen LogP contribution in [0.25, 0.3) is 5.69 Å². The van der Waals surface area contributed by atoms with Crippen LogP contribution in [0.1, 0.15) is 38.4 Å². The Balaban J connectivity index is 1.91. The van der Waals surface area contributed by atoms with Gasteiger partial charge in [0.15, 0.2) is 0 Å². The van der Waals surface area contributed by atoms with Gasteiger partial charge < -0.3 is 19.7 Å². The average Bonchev–Trinajstić information content (AvgIpc) is 2.93. The summed E-state index contributed by atoms with van der Waals surface area (Å²) in [4.78, 5) is 12.0. The number of methoxy groups -OCH3 is 1. The van der Waals surface area contributed by atoms with Gasteiger partial charge in [-0.2, -0.15) is 0 Å². The van der Waals surface area contributed by atoms with Crippen molar-refractivity contribution in [3.63, 3.8) is 0 Å². The molecule has 0 atom stereocenters. The molecule has 152 valence electrons. The third-order valence-corrected chi connectivity index (χ3v) is 5.63. The van der Waals surface area contributed by atoms with Gasteiger partial charge in [0.25, 0.3) is 0 Å². The summed E-state index contributed by atoms with van der Waals surface area (Å²) >= 11 is 3.48. The fraction of sp³-hybridized carbons (Fsp3) is 0.261. The first kappa shape index (κ1) is 21.1. The van der Waals surface area contributed by atoms with Crippen LogP contribution in [0, 0.1) is 20.8 Å². The first-order valence-corrected chi connectivity index (χ1v) is 10.2. The number of hydrogen-bond donors (Lipinski definition) is 2. The molecule has 0 amide bonds. The van der Waals surface area contributed by atoms with E-state index >= 15 is 0 Å². The lowest BCUT2D eigenvalue weighted by Crippen LogP contribution is -2.16. The number of ether oxygens (including phenoxy) is 1. The summed E-state index contributed by atoms with van der Waals surface area (Å²) in [5, 5.41) is 13.2. The van der Waals surface area contributed by atoms with Crippen LogP contribution >= 0.6 is 15.9 Å². The number of aromatic nitrogens is 1. The monoisotopic (exact) mass is 456 g/mol. The number of carboxylic acid groups (broad SMARTS) is 1. The zero-order chi connectivity index (χ0) is 21.1. The van der Waals surface area contributed by atoms with Crippen molar-refractivity contribution in [2.45, 2.75) is 33.9 Å². The standard InChI is InChI=1S/C23H25BrN2O3/c1-14-5-8-19(9-6-14)26-15(2)20(22(16(26)3)23(27)28)13-25-12-17-11-18(24)7-10-21(17)29-4/h5-11,25H,12-13H2,1-4H3,(H,27,28). The zero-order valence-electron chi connectivity index (χ0n) is 17.0. The van der Waals surface area contributed by atoms with Crippen LogP contribution in [0.15, 0.2) is 46.9 Å². The van der Waals surface area contributed by atoms with E-state index in [0.717, 1.165) is 38.4 Å². The van der Waals surface area contributed by atoms with Crippen LogP contribution in [0.2, 0.25) is 0 Å². The topological polar surface area (TPSA) is 63.5 Å². The molecule has 2 N–H and O–H groups in total. The van der Waals surface area contributed by atoms with Crippen molar-refractivity contribution in [2.75, 3.05) is 7.11 Å². The molecule has 1 aromatic heterocycles. The third-order valence-electron chi connectivity index (χ3n) is 5.14. The molecule has 29 heavy (non-hydrogen) atoms. The van der Waals surface area contributed by atoms with Crippen LogP contribution in [0.3, 0.4) is 0 Å². The second kappa shape index (κ2) is 8.84. The molecule has 3 aromatic rings. The Kier molecular flexibility index (Phi) is 6.45. The molecule has 0 bridgehead atoms. The predicted molar refractivity (Wildman–Crippen MR) is 118 cm³/mol. The molecular weight excluding hydrogens is 432 g/mol. The molecule has 0 aliphatic heterocycles. The van der Waals surface area contributed by atoms with E-state index in [1.807, 2.05) is 67.8 Å². The van der Waals surface area contributed by atoms with Crippen molar-refractivity contribution >= 4 is 21.9 Å². The molecule has 3 rings (SSSR count). The SMILES string of the molecule is COc1ccc(Br)cc1CNCc1c(C(=O)O)c(C)n(-c2ccc(C)cc2)c1C. The Labute approximate surface area is 179 Å². The second-order valence-corrected chi connectivity index (χ2v) is 7.98. The van der Waals surface area contributed by atoms with E-state index in [0.29, 0.717) is 18.7 Å². The molecular formula is C23H25BrN2O3. The summed E-state index contributed by atoms with van der Waals surface area (Å²) < 4.78 is 8.41. The van der Waals surface area contributed by atoms with Crippen molar-refractivity contribution in [3.05, 3.63) is 80.6 Å². The third kappa shape index (κ3) is 4.38. The van der Waals surface area contributed by atoms with Crippen molar-refractivity contribution in [1.29, 1.82) is 0 Å². The number of carbonyl (C=O) groups is 1. The number of nitrogens with zero attached hydrogens (tertiary/aromatic N) is 1. The summed E-state index contributed by atoms with van der Waals surface area (Å²) in [6.45, 7) is 6.87. The van der Waals surface area contributed by atoms with Crippen LogP contribution in [0.4, 0.5) is 0 Å². The normalized spacial score (nSPS) is 10.9. The predicted octanol–water partition coefficient (Wildman–Crippen LogP) is 5.16. The van der Waals surface area contributed by atoms with Crippen LogP contribution in [-0.2, 0) is 13.1 Å². The Bertz CT molecular complexity index is 1040. The Morgan fingerprint density at radius 2 is 1.76 bits per heavy atom. The minimum atomic E-state index is -0.909. The molecule has 0 unspecified atom stereocenters. The lowest BCUT2D eigenvalue weighted by atomic mass is 10.1. The minimum absolute atomic E-state index is 0.358. The van der Waals surface area contributed by atoms with Gasteiger partial charge in [0.1, 0.15) is 5.75 Å².